The zero-order valence-corrected chi connectivity index (χ0v) is 7.66. The Kier molecular flexibility index (Phi) is 2.07. The van der Waals surface area contributed by atoms with E-state index in [1.807, 2.05) is 12.1 Å². The molecule has 0 aromatic heterocycles. The standard InChI is InChI=1S/C11H13NO/c1-13-10-4-5-11-8(6-10)2-3-9(11)7-12/h2-6,9H,7,12H2,1H3. The number of ether oxygens (including phenoxy) is 1. The third kappa shape index (κ3) is 1.33. The van der Waals surface area contributed by atoms with Gasteiger partial charge in [-0.05, 0) is 23.3 Å². The predicted octanol–water partition coefficient (Wildman–Crippen LogP) is 1.76. The molecule has 1 atom stereocenters. The van der Waals surface area contributed by atoms with Crippen molar-refractivity contribution in [2.75, 3.05) is 13.7 Å². The van der Waals surface area contributed by atoms with Gasteiger partial charge >= 0.3 is 0 Å². The molecule has 1 aliphatic carbocycles. The molecule has 0 aliphatic heterocycles. The maximum absolute atomic E-state index is 5.64. The lowest BCUT2D eigenvalue weighted by Crippen LogP contribution is -2.08. The number of benzene rings is 1. The molecule has 13 heavy (non-hydrogen) atoms. The van der Waals surface area contributed by atoms with E-state index in [4.69, 9.17) is 10.5 Å². The van der Waals surface area contributed by atoms with Crippen LogP contribution in [0.15, 0.2) is 24.3 Å². The predicted molar refractivity (Wildman–Crippen MR) is 53.8 cm³/mol. The van der Waals surface area contributed by atoms with Crippen LogP contribution in [0.25, 0.3) is 6.08 Å². The van der Waals surface area contributed by atoms with E-state index in [1.165, 1.54) is 11.1 Å². The summed E-state index contributed by atoms with van der Waals surface area (Å²) in [7, 11) is 1.68. The molecule has 0 heterocycles. The second kappa shape index (κ2) is 3.23. The molecule has 1 aromatic carbocycles. The van der Waals surface area contributed by atoms with Gasteiger partial charge in [0.1, 0.15) is 5.75 Å². The number of rotatable bonds is 2. The van der Waals surface area contributed by atoms with Gasteiger partial charge < -0.3 is 10.5 Å². The SMILES string of the molecule is COc1ccc2c(c1)C=CC2CN. The minimum absolute atomic E-state index is 0.390. The van der Waals surface area contributed by atoms with Crippen LogP contribution >= 0.6 is 0 Å². The summed E-state index contributed by atoms with van der Waals surface area (Å²) in [5, 5.41) is 0. The van der Waals surface area contributed by atoms with Crippen LogP contribution in [0.2, 0.25) is 0 Å². The van der Waals surface area contributed by atoms with Crippen LogP contribution in [0.3, 0.4) is 0 Å². The first kappa shape index (κ1) is 8.32. The van der Waals surface area contributed by atoms with Crippen LogP contribution in [-0.2, 0) is 0 Å². The van der Waals surface area contributed by atoms with E-state index >= 15 is 0 Å². The highest BCUT2D eigenvalue weighted by Crippen LogP contribution is 2.31. The average Bonchev–Trinajstić information content (AvgIpc) is 2.59. The highest BCUT2D eigenvalue weighted by atomic mass is 16.5. The summed E-state index contributed by atoms with van der Waals surface area (Å²) in [5.74, 6) is 1.29. The summed E-state index contributed by atoms with van der Waals surface area (Å²) in [4.78, 5) is 0. The Balaban J connectivity index is 2.40. The van der Waals surface area contributed by atoms with Gasteiger partial charge in [0.15, 0.2) is 0 Å². The molecule has 0 spiro atoms. The van der Waals surface area contributed by atoms with Crippen molar-refractivity contribution in [1.82, 2.24) is 0 Å². The Morgan fingerprint density at radius 2 is 2.31 bits per heavy atom. The van der Waals surface area contributed by atoms with Crippen LogP contribution in [0.5, 0.6) is 5.75 Å². The number of hydrogen-bond acceptors (Lipinski definition) is 2. The van der Waals surface area contributed by atoms with Gasteiger partial charge in [0, 0.05) is 12.5 Å². The highest BCUT2D eigenvalue weighted by molar-refractivity contribution is 5.64. The van der Waals surface area contributed by atoms with E-state index in [2.05, 4.69) is 18.2 Å². The molecule has 0 bridgehead atoms. The molecule has 2 heteroatoms. The van der Waals surface area contributed by atoms with Gasteiger partial charge in [-0.2, -0.15) is 0 Å². The van der Waals surface area contributed by atoms with Crippen LogP contribution in [0.4, 0.5) is 0 Å². The molecule has 1 unspecified atom stereocenters. The maximum Gasteiger partial charge on any atom is 0.119 e. The molecule has 2 nitrogen and oxygen atoms in total. The molecule has 68 valence electrons. The first-order chi connectivity index (χ1) is 6.35. The quantitative estimate of drug-likeness (QED) is 0.743. The van der Waals surface area contributed by atoms with Gasteiger partial charge in [-0.15, -0.1) is 0 Å². The molecule has 2 rings (SSSR count). The number of fused-ring (bicyclic) bond motifs is 1. The molecule has 0 amide bonds. The summed E-state index contributed by atoms with van der Waals surface area (Å²) in [6.07, 6.45) is 4.25. The van der Waals surface area contributed by atoms with Crippen LogP contribution in [-0.4, -0.2) is 13.7 Å². The third-order valence-corrected chi connectivity index (χ3v) is 2.46. The summed E-state index contributed by atoms with van der Waals surface area (Å²) in [6, 6.07) is 6.11. The fourth-order valence-electron chi connectivity index (χ4n) is 1.69. The van der Waals surface area contributed by atoms with Gasteiger partial charge in [-0.1, -0.05) is 18.2 Å². The van der Waals surface area contributed by atoms with E-state index in [1.54, 1.807) is 7.11 Å². The van der Waals surface area contributed by atoms with Gasteiger partial charge in [0.2, 0.25) is 0 Å². The molecule has 0 fully saturated rings. The molecule has 0 saturated heterocycles. The third-order valence-electron chi connectivity index (χ3n) is 2.46. The number of nitrogens with two attached hydrogens (primary N) is 1. The largest absolute Gasteiger partial charge is 0.497 e. The summed E-state index contributed by atoms with van der Waals surface area (Å²) >= 11 is 0. The van der Waals surface area contributed by atoms with Crippen LogP contribution < -0.4 is 10.5 Å². The second-order valence-corrected chi connectivity index (χ2v) is 3.20. The Hall–Kier alpha value is -1.28. The molecule has 1 aromatic rings. The zero-order valence-electron chi connectivity index (χ0n) is 7.66. The van der Waals surface area contributed by atoms with Gasteiger partial charge in [0.05, 0.1) is 7.11 Å². The monoisotopic (exact) mass is 175 g/mol. The highest BCUT2D eigenvalue weighted by Gasteiger charge is 2.15. The van der Waals surface area contributed by atoms with Crippen LogP contribution in [0, 0.1) is 0 Å². The Labute approximate surface area is 78.0 Å². The van der Waals surface area contributed by atoms with E-state index < -0.39 is 0 Å². The van der Waals surface area contributed by atoms with Crippen molar-refractivity contribution in [3.63, 3.8) is 0 Å². The average molecular weight is 175 g/mol. The smallest absolute Gasteiger partial charge is 0.119 e. The molecule has 2 N–H and O–H groups in total. The second-order valence-electron chi connectivity index (χ2n) is 3.20. The topological polar surface area (TPSA) is 35.2 Å². The first-order valence-electron chi connectivity index (χ1n) is 4.41. The fourth-order valence-corrected chi connectivity index (χ4v) is 1.69. The van der Waals surface area contributed by atoms with E-state index in [-0.39, 0.29) is 0 Å². The summed E-state index contributed by atoms with van der Waals surface area (Å²) < 4.78 is 5.14. The zero-order chi connectivity index (χ0) is 9.26. The van der Waals surface area contributed by atoms with E-state index in [9.17, 15) is 0 Å². The summed E-state index contributed by atoms with van der Waals surface area (Å²) in [6.45, 7) is 0.676. The van der Waals surface area contributed by atoms with Crippen molar-refractivity contribution < 1.29 is 4.74 Å². The summed E-state index contributed by atoms with van der Waals surface area (Å²) in [5.41, 5.74) is 8.18. The molecule has 1 aliphatic rings. The van der Waals surface area contributed by atoms with Crippen molar-refractivity contribution in [2.24, 2.45) is 5.73 Å². The van der Waals surface area contributed by atoms with Gasteiger partial charge in [-0.3, -0.25) is 0 Å². The molecule has 0 radical (unpaired) electrons. The number of hydrogen-bond donors (Lipinski definition) is 1. The lowest BCUT2D eigenvalue weighted by molar-refractivity contribution is 0.414. The maximum atomic E-state index is 5.64. The van der Waals surface area contributed by atoms with Gasteiger partial charge in [-0.25, -0.2) is 0 Å². The molecular weight excluding hydrogens is 162 g/mol. The van der Waals surface area contributed by atoms with Crippen molar-refractivity contribution in [3.8, 4) is 5.75 Å². The van der Waals surface area contributed by atoms with Crippen molar-refractivity contribution in [2.45, 2.75) is 5.92 Å². The Bertz CT molecular complexity index is 344. The normalized spacial score (nSPS) is 18.8. The van der Waals surface area contributed by atoms with Crippen LogP contribution in [0.1, 0.15) is 17.0 Å². The minimum atomic E-state index is 0.390. The minimum Gasteiger partial charge on any atom is -0.497 e. The molecule has 0 saturated carbocycles. The van der Waals surface area contributed by atoms with Gasteiger partial charge in [0.25, 0.3) is 0 Å². The van der Waals surface area contributed by atoms with E-state index in [0.29, 0.717) is 12.5 Å². The van der Waals surface area contributed by atoms with Crippen molar-refractivity contribution in [3.05, 3.63) is 35.4 Å². The Morgan fingerprint density at radius 3 is 3.00 bits per heavy atom. The lowest BCUT2D eigenvalue weighted by Gasteiger charge is -2.08. The van der Waals surface area contributed by atoms with Crippen molar-refractivity contribution >= 4 is 6.08 Å². The fraction of sp³-hybridized carbons (Fsp3) is 0.273. The molecular formula is C11H13NO. The number of methoxy groups -OCH3 is 1. The first-order valence-corrected chi connectivity index (χ1v) is 4.41. The van der Waals surface area contributed by atoms with E-state index in [0.717, 1.165) is 5.75 Å². The Morgan fingerprint density at radius 1 is 1.46 bits per heavy atom. The van der Waals surface area contributed by atoms with Crippen molar-refractivity contribution in [1.29, 1.82) is 0 Å². The lowest BCUT2D eigenvalue weighted by atomic mass is 10.0.